The summed E-state index contributed by atoms with van der Waals surface area (Å²) < 4.78 is 0. The van der Waals surface area contributed by atoms with E-state index in [4.69, 9.17) is 0 Å². The van der Waals surface area contributed by atoms with Crippen LogP contribution in [0.1, 0.15) is 41.5 Å². The van der Waals surface area contributed by atoms with Crippen molar-refractivity contribution < 1.29 is 0 Å². The molecule has 0 rings (SSSR count). The Labute approximate surface area is 97.8 Å². The molecule has 0 aromatic rings. The topological polar surface area (TPSA) is 0 Å². The van der Waals surface area contributed by atoms with Gasteiger partial charge >= 0.3 is 0 Å². The lowest BCUT2D eigenvalue weighted by Gasteiger charge is -2.17. The van der Waals surface area contributed by atoms with Crippen molar-refractivity contribution in [2.24, 2.45) is 17.8 Å². The van der Waals surface area contributed by atoms with Crippen LogP contribution in [0.2, 0.25) is 15.8 Å². The van der Waals surface area contributed by atoms with Gasteiger partial charge in [0.1, 0.15) is 0 Å². The Morgan fingerprint density at radius 3 is 1.00 bits per heavy atom. The molecule has 0 aliphatic heterocycles. The highest BCUT2D eigenvalue weighted by atomic mass is 27.2. The molecule has 3 radical (unpaired) electrons. The van der Waals surface area contributed by atoms with Gasteiger partial charge in [-0.3, -0.25) is 0 Å². The van der Waals surface area contributed by atoms with Crippen LogP contribution in [0.5, 0.6) is 0 Å². The first-order chi connectivity index (χ1) is 5.91. The Balaban J connectivity index is 0. The summed E-state index contributed by atoms with van der Waals surface area (Å²) in [6.45, 7) is 14.3. The molecule has 0 heterocycles. The normalized spacial score (nSPS) is 10.9. The lowest BCUT2D eigenvalue weighted by molar-refractivity contribution is 0.659. The van der Waals surface area contributed by atoms with Gasteiger partial charge in [0.2, 0.25) is 0 Å². The van der Waals surface area contributed by atoms with E-state index >= 15 is 0 Å². The van der Waals surface area contributed by atoms with Crippen molar-refractivity contribution in [3.63, 3.8) is 0 Å². The molecular weight excluding hydrogens is 182 g/mol. The molecule has 0 bridgehead atoms. The van der Waals surface area contributed by atoms with Crippen molar-refractivity contribution in [1.29, 1.82) is 0 Å². The first-order valence-electron chi connectivity index (χ1n) is 5.91. The third-order valence-corrected chi connectivity index (χ3v) is 7.24. The standard InChI is InChI=1S/3C4H9.Al.B/c3*1-4(2)3;;/h3*4H,1H2,2-3H3;;. The van der Waals surface area contributed by atoms with Crippen LogP contribution in [0.15, 0.2) is 0 Å². The van der Waals surface area contributed by atoms with E-state index in [9.17, 15) is 0 Å². The fraction of sp³-hybridized carbons (Fsp3) is 1.00. The summed E-state index contributed by atoms with van der Waals surface area (Å²) in [7, 11) is 0. The summed E-state index contributed by atoms with van der Waals surface area (Å²) >= 11 is -0.407. The zero-order valence-corrected chi connectivity index (χ0v) is 12.2. The molecule has 0 amide bonds. The second-order valence-electron chi connectivity index (χ2n) is 5.75. The molecule has 0 saturated carbocycles. The fourth-order valence-corrected chi connectivity index (χ4v) is 6.87. The smallest absolute Gasteiger partial charge is 0.0915 e. The molecule has 0 atom stereocenters. The first kappa shape index (κ1) is 17.0. The minimum atomic E-state index is -0.407. The molecule has 0 saturated heterocycles. The molecule has 14 heavy (non-hydrogen) atoms. The largest absolute Gasteiger partial charge is 0.262 e. The van der Waals surface area contributed by atoms with Gasteiger partial charge in [0.15, 0.2) is 0 Å². The maximum Gasteiger partial charge on any atom is 0.262 e. The van der Waals surface area contributed by atoms with E-state index in [2.05, 4.69) is 41.5 Å². The molecule has 0 aromatic carbocycles. The lowest BCUT2D eigenvalue weighted by atomic mass is 10.2. The second kappa shape index (κ2) is 8.87. The van der Waals surface area contributed by atoms with Crippen molar-refractivity contribution in [1.82, 2.24) is 0 Å². The van der Waals surface area contributed by atoms with E-state index in [1.807, 2.05) is 0 Å². The molecule has 0 aliphatic carbocycles. The van der Waals surface area contributed by atoms with E-state index in [1.54, 1.807) is 15.8 Å². The van der Waals surface area contributed by atoms with Crippen LogP contribution in [-0.2, 0) is 0 Å². The van der Waals surface area contributed by atoms with Crippen molar-refractivity contribution in [3.8, 4) is 0 Å². The van der Waals surface area contributed by atoms with Crippen LogP contribution in [0.3, 0.4) is 0 Å². The maximum absolute atomic E-state index is 2.38. The van der Waals surface area contributed by atoms with Crippen LogP contribution < -0.4 is 0 Å². The summed E-state index contributed by atoms with van der Waals surface area (Å²) in [5, 5.41) is 4.66. The monoisotopic (exact) mass is 209 g/mol. The highest BCUT2D eigenvalue weighted by Crippen LogP contribution is 2.20. The lowest BCUT2D eigenvalue weighted by Crippen LogP contribution is -2.19. The number of hydrogen-bond donors (Lipinski definition) is 0. The SMILES string of the molecule is CC(C)[CH2][Al]([CH2]C(C)C)[CH2]C(C)C.[B]. The average molecular weight is 209 g/mol. The van der Waals surface area contributed by atoms with Crippen LogP contribution in [-0.4, -0.2) is 22.6 Å². The molecule has 0 N–H and O–H groups in total. The van der Waals surface area contributed by atoms with Crippen molar-refractivity contribution >= 4 is 22.6 Å². The van der Waals surface area contributed by atoms with Crippen LogP contribution >= 0.6 is 0 Å². The summed E-state index contributed by atoms with van der Waals surface area (Å²) in [6.07, 6.45) is 0. The quantitative estimate of drug-likeness (QED) is 0.578. The molecule has 0 unspecified atom stereocenters. The molecule has 0 fully saturated rings. The summed E-state index contributed by atoms with van der Waals surface area (Å²) in [5.41, 5.74) is 0. The first-order valence-corrected chi connectivity index (χ1v) is 8.36. The van der Waals surface area contributed by atoms with Gasteiger partial charge < -0.3 is 0 Å². The third kappa shape index (κ3) is 10.7. The van der Waals surface area contributed by atoms with Gasteiger partial charge in [0.05, 0.1) is 0 Å². The van der Waals surface area contributed by atoms with Crippen LogP contribution in [0.4, 0.5) is 0 Å². The van der Waals surface area contributed by atoms with E-state index in [1.165, 1.54) is 0 Å². The van der Waals surface area contributed by atoms with E-state index < -0.39 is 14.1 Å². The molecular formula is C12H27AlB. The van der Waals surface area contributed by atoms with Gasteiger partial charge in [-0.05, 0) is 0 Å². The Morgan fingerprint density at radius 2 is 0.857 bits per heavy atom. The Hall–Kier alpha value is 0.597. The predicted octanol–water partition coefficient (Wildman–Crippen LogP) is 4.07. The highest BCUT2D eigenvalue weighted by molar-refractivity contribution is 6.58. The van der Waals surface area contributed by atoms with Crippen molar-refractivity contribution in [3.05, 3.63) is 0 Å². The number of hydrogen-bond acceptors (Lipinski definition) is 0. The van der Waals surface area contributed by atoms with Crippen LogP contribution in [0.25, 0.3) is 0 Å². The molecule has 0 aromatic heterocycles. The molecule has 0 spiro atoms. The zero-order valence-electron chi connectivity index (χ0n) is 11.0. The van der Waals surface area contributed by atoms with Gasteiger partial charge in [0, 0.05) is 8.41 Å². The van der Waals surface area contributed by atoms with Crippen LogP contribution in [0, 0.1) is 17.8 Å². The van der Waals surface area contributed by atoms with E-state index in [0.29, 0.717) is 0 Å². The molecule has 81 valence electrons. The van der Waals surface area contributed by atoms with E-state index in [0.717, 1.165) is 17.8 Å². The van der Waals surface area contributed by atoms with E-state index in [-0.39, 0.29) is 8.41 Å². The number of rotatable bonds is 6. The van der Waals surface area contributed by atoms with Crippen molar-refractivity contribution in [2.75, 3.05) is 0 Å². The van der Waals surface area contributed by atoms with Gasteiger partial charge in [0.25, 0.3) is 14.1 Å². The highest BCUT2D eigenvalue weighted by Gasteiger charge is 2.20. The Bertz CT molecular complexity index is 97.7. The second-order valence-corrected chi connectivity index (χ2v) is 8.90. The summed E-state index contributed by atoms with van der Waals surface area (Å²) in [6, 6.07) is 0. The maximum atomic E-state index is 2.38. The minimum absolute atomic E-state index is 0. The molecule has 0 nitrogen and oxygen atoms in total. The Kier molecular flexibility index (Phi) is 10.8. The molecule has 2 heteroatoms. The minimum Gasteiger partial charge on any atom is -0.0915 e. The Morgan fingerprint density at radius 1 is 0.643 bits per heavy atom. The summed E-state index contributed by atoms with van der Waals surface area (Å²) in [4.78, 5) is 0. The average Bonchev–Trinajstić information content (AvgIpc) is 1.80. The fourth-order valence-electron chi connectivity index (χ4n) is 2.29. The predicted molar refractivity (Wildman–Crippen MR) is 70.4 cm³/mol. The van der Waals surface area contributed by atoms with Crippen molar-refractivity contribution in [2.45, 2.75) is 57.4 Å². The third-order valence-electron chi connectivity index (χ3n) is 2.41. The van der Waals surface area contributed by atoms with Gasteiger partial charge in [-0.15, -0.1) is 0 Å². The van der Waals surface area contributed by atoms with Gasteiger partial charge in [-0.1, -0.05) is 75.1 Å². The van der Waals surface area contributed by atoms with Gasteiger partial charge in [-0.2, -0.15) is 0 Å². The summed E-state index contributed by atoms with van der Waals surface area (Å²) in [5.74, 6) is 2.78. The molecule has 0 aliphatic rings. The van der Waals surface area contributed by atoms with Gasteiger partial charge in [-0.25, -0.2) is 0 Å². The zero-order chi connectivity index (χ0) is 10.4.